The molecule has 21 heavy (non-hydrogen) atoms. The molecule has 2 rings (SSSR count). The Hall–Kier alpha value is -2.08. The average molecular weight is 305 g/mol. The average Bonchev–Trinajstić information content (AvgIpc) is 2.88. The lowest BCUT2D eigenvalue weighted by molar-refractivity contribution is 0.331. The highest BCUT2D eigenvalue weighted by molar-refractivity contribution is 7.80. The number of benzene rings is 1. The molecule has 0 aliphatic carbocycles. The zero-order valence-electron chi connectivity index (χ0n) is 12.6. The van der Waals surface area contributed by atoms with Crippen LogP contribution < -0.4 is 15.4 Å². The van der Waals surface area contributed by atoms with Crippen LogP contribution in [0, 0.1) is 0 Å². The van der Waals surface area contributed by atoms with Crippen molar-refractivity contribution < 1.29 is 9.26 Å². The van der Waals surface area contributed by atoms with E-state index in [9.17, 15) is 0 Å². The lowest BCUT2D eigenvalue weighted by Crippen LogP contribution is -2.19. The highest BCUT2D eigenvalue weighted by Crippen LogP contribution is 2.24. The fraction of sp³-hybridized carbons (Fsp3) is 0.333. The summed E-state index contributed by atoms with van der Waals surface area (Å²) in [6, 6.07) is 9.34. The van der Waals surface area contributed by atoms with Gasteiger partial charge in [0.15, 0.2) is 10.9 Å². The summed E-state index contributed by atoms with van der Waals surface area (Å²) < 4.78 is 10.4. The van der Waals surface area contributed by atoms with Crippen molar-refractivity contribution in [1.29, 1.82) is 0 Å². The van der Waals surface area contributed by atoms with E-state index in [0.717, 1.165) is 17.2 Å². The number of methoxy groups -OCH3 is 1. The number of nitrogens with one attached hydrogen (secondary N) is 2. The maximum absolute atomic E-state index is 5.29. The Bertz CT molecular complexity index is 615. The van der Waals surface area contributed by atoms with E-state index in [2.05, 4.69) is 36.6 Å². The van der Waals surface area contributed by atoms with Crippen molar-refractivity contribution in [1.82, 2.24) is 5.16 Å². The fourth-order valence-electron chi connectivity index (χ4n) is 1.64. The molecule has 6 heteroatoms. The second-order valence-corrected chi connectivity index (χ2v) is 6.04. The third kappa shape index (κ3) is 4.19. The molecule has 2 aromatic rings. The lowest BCUT2D eigenvalue weighted by atomic mass is 9.93. The number of rotatable bonds is 3. The van der Waals surface area contributed by atoms with Crippen LogP contribution in [0.1, 0.15) is 26.5 Å². The summed E-state index contributed by atoms with van der Waals surface area (Å²) in [6.45, 7) is 6.18. The number of nitrogens with zero attached hydrogens (tertiary/aromatic N) is 1. The van der Waals surface area contributed by atoms with Gasteiger partial charge in [-0.25, -0.2) is 0 Å². The van der Waals surface area contributed by atoms with E-state index < -0.39 is 0 Å². The molecule has 0 radical (unpaired) electrons. The van der Waals surface area contributed by atoms with E-state index in [1.54, 1.807) is 7.11 Å². The van der Waals surface area contributed by atoms with Crippen LogP contribution in [0.15, 0.2) is 34.9 Å². The molecule has 5 nitrogen and oxygen atoms in total. The minimum Gasteiger partial charge on any atom is -0.497 e. The molecule has 0 aliphatic heterocycles. The van der Waals surface area contributed by atoms with Gasteiger partial charge in [0, 0.05) is 17.2 Å². The van der Waals surface area contributed by atoms with E-state index in [1.807, 2.05) is 30.3 Å². The summed E-state index contributed by atoms with van der Waals surface area (Å²) in [5.41, 5.74) is 0.783. The molecule has 0 saturated carbocycles. The molecule has 0 bridgehead atoms. The Morgan fingerprint density at radius 3 is 2.38 bits per heavy atom. The van der Waals surface area contributed by atoms with Gasteiger partial charge in [0.1, 0.15) is 11.5 Å². The predicted octanol–water partition coefficient (Wildman–Crippen LogP) is 3.79. The Morgan fingerprint density at radius 1 is 1.19 bits per heavy atom. The SMILES string of the molecule is COc1ccc(NC(=S)Nc2cc(C(C)(C)C)on2)cc1. The van der Waals surface area contributed by atoms with Crippen LogP contribution in [0.2, 0.25) is 0 Å². The summed E-state index contributed by atoms with van der Waals surface area (Å²) in [5, 5.41) is 10.5. The Kier molecular flexibility index (Phi) is 4.47. The minimum absolute atomic E-state index is 0.0854. The maximum atomic E-state index is 5.29. The molecular formula is C15H19N3O2S. The maximum Gasteiger partial charge on any atom is 0.176 e. The highest BCUT2D eigenvalue weighted by atomic mass is 32.1. The number of aromatic nitrogens is 1. The molecule has 0 aliphatic rings. The van der Waals surface area contributed by atoms with Gasteiger partial charge in [-0.1, -0.05) is 25.9 Å². The van der Waals surface area contributed by atoms with Crippen molar-refractivity contribution in [2.75, 3.05) is 17.7 Å². The molecule has 0 unspecified atom stereocenters. The summed E-state index contributed by atoms with van der Waals surface area (Å²) in [7, 11) is 1.63. The van der Waals surface area contributed by atoms with Crippen LogP contribution >= 0.6 is 12.2 Å². The van der Waals surface area contributed by atoms with Crippen molar-refractivity contribution in [3.63, 3.8) is 0 Å². The fourth-order valence-corrected chi connectivity index (χ4v) is 1.86. The summed E-state index contributed by atoms with van der Waals surface area (Å²) in [6.07, 6.45) is 0. The third-order valence-electron chi connectivity index (χ3n) is 2.84. The van der Waals surface area contributed by atoms with Crippen molar-refractivity contribution in [3.8, 4) is 5.75 Å². The van der Waals surface area contributed by atoms with Gasteiger partial charge in [-0.15, -0.1) is 0 Å². The van der Waals surface area contributed by atoms with E-state index in [1.165, 1.54) is 0 Å². The number of hydrogen-bond acceptors (Lipinski definition) is 4. The lowest BCUT2D eigenvalue weighted by Gasteiger charge is -2.12. The van der Waals surface area contributed by atoms with Crippen molar-refractivity contribution in [2.45, 2.75) is 26.2 Å². The van der Waals surface area contributed by atoms with Gasteiger partial charge in [-0.2, -0.15) is 0 Å². The molecule has 1 aromatic heterocycles. The molecule has 112 valence electrons. The largest absolute Gasteiger partial charge is 0.497 e. The minimum atomic E-state index is -0.0854. The first kappa shape index (κ1) is 15.3. The van der Waals surface area contributed by atoms with Crippen LogP contribution in [-0.4, -0.2) is 17.4 Å². The van der Waals surface area contributed by atoms with Crippen LogP contribution in [0.5, 0.6) is 5.75 Å². The van der Waals surface area contributed by atoms with Gasteiger partial charge in [0.05, 0.1) is 7.11 Å². The number of anilines is 2. The van der Waals surface area contributed by atoms with E-state index >= 15 is 0 Å². The Morgan fingerprint density at radius 2 is 1.86 bits per heavy atom. The number of thiocarbonyl (C=S) groups is 1. The van der Waals surface area contributed by atoms with Crippen molar-refractivity contribution in [3.05, 3.63) is 36.1 Å². The smallest absolute Gasteiger partial charge is 0.176 e. The Balaban J connectivity index is 1.96. The molecule has 0 amide bonds. The topological polar surface area (TPSA) is 59.3 Å². The standard InChI is InChI=1S/C15H19N3O2S/c1-15(2,3)12-9-13(18-20-12)17-14(21)16-10-5-7-11(19-4)8-6-10/h5-9H,1-4H3,(H2,16,17,18,21). The Labute approximate surface area is 129 Å². The quantitative estimate of drug-likeness (QED) is 0.841. The predicted molar refractivity (Wildman–Crippen MR) is 88.0 cm³/mol. The van der Waals surface area contributed by atoms with Gasteiger partial charge in [0.2, 0.25) is 0 Å². The van der Waals surface area contributed by atoms with Gasteiger partial charge in [-0.3, -0.25) is 0 Å². The molecule has 0 atom stereocenters. The molecular weight excluding hydrogens is 286 g/mol. The molecule has 2 N–H and O–H groups in total. The van der Waals surface area contributed by atoms with Crippen molar-refractivity contribution >= 4 is 28.8 Å². The van der Waals surface area contributed by atoms with E-state index in [4.69, 9.17) is 21.5 Å². The second-order valence-electron chi connectivity index (χ2n) is 5.63. The van der Waals surface area contributed by atoms with Crippen LogP contribution in [0.4, 0.5) is 11.5 Å². The van der Waals surface area contributed by atoms with Gasteiger partial charge < -0.3 is 19.9 Å². The molecule has 1 heterocycles. The van der Waals surface area contributed by atoms with Gasteiger partial charge in [0.25, 0.3) is 0 Å². The summed E-state index contributed by atoms with van der Waals surface area (Å²) >= 11 is 5.25. The monoisotopic (exact) mass is 305 g/mol. The molecule has 1 aromatic carbocycles. The summed E-state index contributed by atoms with van der Waals surface area (Å²) in [5.74, 6) is 2.19. The highest BCUT2D eigenvalue weighted by Gasteiger charge is 2.19. The molecule has 0 spiro atoms. The van der Waals surface area contributed by atoms with E-state index in [-0.39, 0.29) is 5.41 Å². The zero-order chi connectivity index (χ0) is 15.5. The number of ether oxygens (including phenoxy) is 1. The van der Waals surface area contributed by atoms with E-state index in [0.29, 0.717) is 10.9 Å². The van der Waals surface area contributed by atoms with Crippen LogP contribution in [-0.2, 0) is 5.41 Å². The number of hydrogen-bond donors (Lipinski definition) is 2. The zero-order valence-corrected chi connectivity index (χ0v) is 13.4. The first-order valence-electron chi connectivity index (χ1n) is 6.58. The normalized spacial score (nSPS) is 11.0. The second kappa shape index (κ2) is 6.13. The van der Waals surface area contributed by atoms with Gasteiger partial charge >= 0.3 is 0 Å². The van der Waals surface area contributed by atoms with Gasteiger partial charge in [-0.05, 0) is 36.5 Å². The summed E-state index contributed by atoms with van der Waals surface area (Å²) in [4.78, 5) is 0. The molecule has 0 saturated heterocycles. The van der Waals surface area contributed by atoms with Crippen molar-refractivity contribution in [2.24, 2.45) is 0 Å². The van der Waals surface area contributed by atoms with Crippen LogP contribution in [0.3, 0.4) is 0 Å². The van der Waals surface area contributed by atoms with Crippen LogP contribution in [0.25, 0.3) is 0 Å². The first-order chi connectivity index (χ1) is 9.88. The molecule has 0 fully saturated rings. The first-order valence-corrected chi connectivity index (χ1v) is 6.98. The third-order valence-corrected chi connectivity index (χ3v) is 3.04.